The topological polar surface area (TPSA) is 65.6 Å². The van der Waals surface area contributed by atoms with E-state index in [1.165, 1.54) is 24.1 Å². The minimum absolute atomic E-state index is 0.665. The monoisotopic (exact) mass is 373 g/mol. The lowest BCUT2D eigenvalue weighted by Crippen LogP contribution is -2.02. The second-order valence-electron chi connectivity index (χ2n) is 6.14. The van der Waals surface area contributed by atoms with E-state index in [-0.39, 0.29) is 0 Å². The fraction of sp³-hybridized carbons (Fsp3) is 0.333. The molecule has 1 aromatic carbocycles. The number of thioether (sulfide) groups is 1. The highest BCUT2D eigenvalue weighted by Crippen LogP contribution is 2.38. The van der Waals surface area contributed by atoms with E-state index >= 15 is 0 Å². The Balaban J connectivity index is 1.80. The van der Waals surface area contributed by atoms with Crippen molar-refractivity contribution in [1.29, 1.82) is 0 Å². The maximum atomic E-state index is 6.49. The molecule has 3 N–H and O–H groups in total. The third-order valence-corrected chi connectivity index (χ3v) is 5.79. The van der Waals surface area contributed by atoms with Crippen molar-refractivity contribution < 1.29 is 0 Å². The highest BCUT2D eigenvalue weighted by Gasteiger charge is 2.20. The van der Waals surface area contributed by atoms with Crippen molar-refractivity contribution in [3.63, 3.8) is 0 Å². The van der Waals surface area contributed by atoms with Crippen LogP contribution in [0.3, 0.4) is 0 Å². The van der Waals surface area contributed by atoms with E-state index in [0.29, 0.717) is 5.02 Å². The van der Waals surface area contributed by atoms with Crippen LogP contribution >= 0.6 is 23.4 Å². The molecule has 1 aliphatic rings. The largest absolute Gasteiger partial charge is 0.387 e. The molecular weight excluding hydrogens is 354 g/mol. The van der Waals surface area contributed by atoms with Crippen molar-refractivity contribution in [3.8, 4) is 0 Å². The summed E-state index contributed by atoms with van der Waals surface area (Å²) in [4.78, 5) is 13.5. The fourth-order valence-electron chi connectivity index (χ4n) is 3.46. The van der Waals surface area contributed by atoms with Crippen LogP contribution in [0, 0.1) is 0 Å². The van der Waals surface area contributed by atoms with Gasteiger partial charge in [0.2, 0.25) is 0 Å². The minimum Gasteiger partial charge on any atom is -0.387 e. The Hall–Kier alpha value is -1.92. The Morgan fingerprint density at radius 3 is 2.80 bits per heavy atom. The van der Waals surface area contributed by atoms with Gasteiger partial charge in [-0.2, -0.15) is 0 Å². The van der Waals surface area contributed by atoms with Gasteiger partial charge in [0, 0.05) is 23.3 Å². The first-order valence-electron chi connectivity index (χ1n) is 8.38. The molecule has 130 valence electrons. The number of nitrogens with one attached hydrogen (secondary N) is 3. The molecule has 0 saturated heterocycles. The van der Waals surface area contributed by atoms with Crippen LogP contribution in [0.25, 0.3) is 11.0 Å². The first kappa shape index (κ1) is 16.5. The van der Waals surface area contributed by atoms with Gasteiger partial charge < -0.3 is 15.6 Å². The quantitative estimate of drug-likeness (QED) is 0.562. The first-order chi connectivity index (χ1) is 12.2. The van der Waals surface area contributed by atoms with E-state index in [1.807, 2.05) is 13.1 Å². The van der Waals surface area contributed by atoms with Gasteiger partial charge in [-0.25, -0.2) is 9.97 Å². The summed E-state index contributed by atoms with van der Waals surface area (Å²) < 4.78 is 0. The molecule has 0 saturated carbocycles. The molecule has 0 unspecified atom stereocenters. The third-order valence-electron chi connectivity index (χ3n) is 4.70. The highest BCUT2D eigenvalue weighted by atomic mass is 35.5. The molecule has 0 aliphatic heterocycles. The number of rotatable bonds is 4. The minimum atomic E-state index is 0.665. The summed E-state index contributed by atoms with van der Waals surface area (Å²) in [5.74, 6) is 0.815. The third kappa shape index (κ3) is 2.93. The molecular formula is C18H20ClN5S. The van der Waals surface area contributed by atoms with E-state index in [2.05, 4.69) is 37.9 Å². The molecule has 0 fully saturated rings. The number of halogens is 1. The normalized spacial score (nSPS) is 13.7. The number of anilines is 3. The standard InChI is InChI=1S/C18H20ClN5S/c1-20-14-7-11(19)13(8-15(14)25-2)24-18-16-10-5-3-4-6-12(10)23-17(16)21-9-22-18/h7-9,20H,3-6H2,1-2H3,(H2,21,22,23,24). The zero-order valence-electron chi connectivity index (χ0n) is 14.2. The van der Waals surface area contributed by atoms with Crippen LogP contribution in [0.2, 0.25) is 5.02 Å². The summed E-state index contributed by atoms with van der Waals surface area (Å²) in [5.41, 5.74) is 5.42. The average molecular weight is 374 g/mol. The van der Waals surface area contributed by atoms with Crippen LogP contribution in [0.15, 0.2) is 23.4 Å². The number of nitrogens with zero attached hydrogens (tertiary/aromatic N) is 2. The molecule has 1 aliphatic carbocycles. The van der Waals surface area contributed by atoms with Crippen molar-refractivity contribution in [2.24, 2.45) is 0 Å². The molecule has 25 heavy (non-hydrogen) atoms. The SMILES string of the molecule is CNc1cc(Cl)c(Nc2ncnc3[nH]c4c(c23)CCCC4)cc1SC. The lowest BCUT2D eigenvalue weighted by atomic mass is 9.96. The summed E-state index contributed by atoms with van der Waals surface area (Å²) in [5, 5.41) is 8.37. The van der Waals surface area contributed by atoms with Gasteiger partial charge in [-0.05, 0) is 49.6 Å². The number of fused-ring (bicyclic) bond motifs is 3. The molecule has 0 bridgehead atoms. The number of benzene rings is 1. The Morgan fingerprint density at radius 2 is 2.00 bits per heavy atom. The van der Waals surface area contributed by atoms with Crippen molar-refractivity contribution in [3.05, 3.63) is 34.7 Å². The number of aromatic nitrogens is 3. The van der Waals surface area contributed by atoms with Gasteiger partial charge in [0.1, 0.15) is 17.8 Å². The Labute approximate surface area is 156 Å². The molecule has 2 aromatic heterocycles. The number of aromatic amines is 1. The van der Waals surface area contributed by atoms with E-state index in [9.17, 15) is 0 Å². The Bertz CT molecular complexity index is 937. The van der Waals surface area contributed by atoms with Crippen LogP contribution in [0.4, 0.5) is 17.2 Å². The fourth-order valence-corrected chi connectivity index (χ4v) is 4.29. The van der Waals surface area contributed by atoms with Gasteiger partial charge in [0.05, 0.1) is 16.1 Å². The van der Waals surface area contributed by atoms with Gasteiger partial charge >= 0.3 is 0 Å². The van der Waals surface area contributed by atoms with E-state index in [4.69, 9.17) is 11.6 Å². The van der Waals surface area contributed by atoms with Crippen LogP contribution in [-0.2, 0) is 12.8 Å². The van der Waals surface area contributed by atoms with E-state index in [0.717, 1.165) is 46.0 Å². The Morgan fingerprint density at radius 1 is 1.16 bits per heavy atom. The molecule has 2 heterocycles. The van der Waals surface area contributed by atoms with Gasteiger partial charge in [-0.1, -0.05) is 11.6 Å². The van der Waals surface area contributed by atoms with Crippen molar-refractivity contribution in [2.75, 3.05) is 23.9 Å². The Kier molecular flexibility index (Phi) is 4.48. The molecule has 0 radical (unpaired) electrons. The number of hydrogen-bond acceptors (Lipinski definition) is 5. The summed E-state index contributed by atoms with van der Waals surface area (Å²) in [7, 11) is 1.90. The summed E-state index contributed by atoms with van der Waals surface area (Å²) in [6, 6.07) is 4.01. The lowest BCUT2D eigenvalue weighted by Gasteiger charge is -2.15. The predicted molar refractivity (Wildman–Crippen MR) is 107 cm³/mol. The lowest BCUT2D eigenvalue weighted by molar-refractivity contribution is 0.680. The van der Waals surface area contributed by atoms with E-state index < -0.39 is 0 Å². The smallest absolute Gasteiger partial charge is 0.143 e. The predicted octanol–water partition coefficient (Wildman–Crippen LogP) is 5.00. The van der Waals surface area contributed by atoms with Crippen LogP contribution in [-0.4, -0.2) is 28.3 Å². The van der Waals surface area contributed by atoms with Crippen molar-refractivity contribution in [1.82, 2.24) is 15.0 Å². The maximum Gasteiger partial charge on any atom is 0.143 e. The highest BCUT2D eigenvalue weighted by molar-refractivity contribution is 7.98. The first-order valence-corrected chi connectivity index (χ1v) is 9.98. The van der Waals surface area contributed by atoms with Crippen molar-refractivity contribution >= 4 is 51.6 Å². The van der Waals surface area contributed by atoms with Crippen molar-refractivity contribution in [2.45, 2.75) is 30.6 Å². The van der Waals surface area contributed by atoms with Crippen LogP contribution in [0.1, 0.15) is 24.1 Å². The van der Waals surface area contributed by atoms with Gasteiger partial charge in [-0.15, -0.1) is 11.8 Å². The van der Waals surface area contributed by atoms with Gasteiger partial charge in [-0.3, -0.25) is 0 Å². The molecule has 0 amide bonds. The summed E-state index contributed by atoms with van der Waals surface area (Å²) in [6.45, 7) is 0. The molecule has 4 rings (SSSR count). The molecule has 7 heteroatoms. The number of aryl methyl sites for hydroxylation is 2. The summed E-state index contributed by atoms with van der Waals surface area (Å²) >= 11 is 8.17. The van der Waals surface area contributed by atoms with Crippen LogP contribution < -0.4 is 10.6 Å². The zero-order valence-corrected chi connectivity index (χ0v) is 15.8. The average Bonchev–Trinajstić information content (AvgIpc) is 3.02. The molecule has 3 aromatic rings. The second kappa shape index (κ2) is 6.77. The molecule has 0 spiro atoms. The van der Waals surface area contributed by atoms with Crippen LogP contribution in [0.5, 0.6) is 0 Å². The van der Waals surface area contributed by atoms with Gasteiger partial charge in [0.15, 0.2) is 0 Å². The maximum absolute atomic E-state index is 6.49. The van der Waals surface area contributed by atoms with E-state index in [1.54, 1.807) is 18.1 Å². The number of hydrogen-bond donors (Lipinski definition) is 3. The molecule has 5 nitrogen and oxygen atoms in total. The zero-order chi connectivity index (χ0) is 17.4. The molecule has 0 atom stereocenters. The second-order valence-corrected chi connectivity index (χ2v) is 7.40. The summed E-state index contributed by atoms with van der Waals surface area (Å²) in [6.07, 6.45) is 8.24. The number of H-pyrrole nitrogens is 1. The van der Waals surface area contributed by atoms with Gasteiger partial charge in [0.25, 0.3) is 0 Å².